The average Bonchev–Trinajstić information content (AvgIpc) is 2.25. The van der Waals surface area contributed by atoms with Crippen LogP contribution in [-0.2, 0) is 0 Å². The summed E-state index contributed by atoms with van der Waals surface area (Å²) in [4.78, 5) is 8.13. The van der Waals surface area contributed by atoms with Crippen molar-refractivity contribution in [3.63, 3.8) is 0 Å². The zero-order valence-electron chi connectivity index (χ0n) is 10.8. The summed E-state index contributed by atoms with van der Waals surface area (Å²) in [5.41, 5.74) is 7.20. The first-order chi connectivity index (χ1) is 8.04. The van der Waals surface area contributed by atoms with Gasteiger partial charge in [0.15, 0.2) is 5.82 Å². The monoisotopic (exact) mass is 256 g/mol. The lowest BCUT2D eigenvalue weighted by atomic mass is 10.1. The van der Waals surface area contributed by atoms with Crippen LogP contribution in [0.25, 0.3) is 0 Å². The van der Waals surface area contributed by atoms with Gasteiger partial charge in [0.1, 0.15) is 0 Å². The molecule has 1 rings (SSSR count). The van der Waals surface area contributed by atoms with E-state index in [-0.39, 0.29) is 5.28 Å². The summed E-state index contributed by atoms with van der Waals surface area (Å²) in [6.45, 7) is 6.15. The van der Waals surface area contributed by atoms with Gasteiger partial charge in [-0.2, -0.15) is 4.98 Å². The number of hydrogen-bond donors (Lipinski definition) is 2. The summed E-state index contributed by atoms with van der Waals surface area (Å²) in [5, 5.41) is 3.53. The molecule has 0 aliphatic heterocycles. The third-order valence-electron chi connectivity index (χ3n) is 2.73. The fourth-order valence-electron chi connectivity index (χ4n) is 1.66. The lowest BCUT2D eigenvalue weighted by Crippen LogP contribution is -2.18. The Morgan fingerprint density at radius 2 is 2.06 bits per heavy atom. The molecular weight excluding hydrogens is 236 g/mol. The van der Waals surface area contributed by atoms with Crippen LogP contribution < -0.4 is 11.1 Å². The molecule has 0 saturated carbocycles. The van der Waals surface area contributed by atoms with Gasteiger partial charge in [-0.1, -0.05) is 26.2 Å². The molecule has 0 saturated heterocycles. The van der Waals surface area contributed by atoms with Gasteiger partial charge in [0.05, 0.1) is 11.4 Å². The Morgan fingerprint density at radius 1 is 1.35 bits per heavy atom. The lowest BCUT2D eigenvalue weighted by molar-refractivity contribution is 0.614. The second-order valence-electron chi connectivity index (χ2n) is 4.38. The first-order valence-electron chi connectivity index (χ1n) is 6.10. The van der Waals surface area contributed by atoms with Gasteiger partial charge in [0, 0.05) is 6.04 Å². The highest BCUT2D eigenvalue weighted by atomic mass is 35.5. The summed E-state index contributed by atoms with van der Waals surface area (Å²) in [6.07, 6.45) is 4.80. The molecule has 3 N–H and O–H groups in total. The molecule has 1 heterocycles. The summed E-state index contributed by atoms with van der Waals surface area (Å²) in [6, 6.07) is 0.342. The van der Waals surface area contributed by atoms with Crippen molar-refractivity contribution >= 4 is 23.1 Å². The molecule has 0 fully saturated rings. The molecule has 1 aromatic heterocycles. The number of aromatic nitrogens is 2. The van der Waals surface area contributed by atoms with Crippen LogP contribution in [0, 0.1) is 6.92 Å². The zero-order chi connectivity index (χ0) is 12.8. The van der Waals surface area contributed by atoms with E-state index in [0.29, 0.717) is 23.2 Å². The zero-order valence-corrected chi connectivity index (χ0v) is 11.5. The summed E-state index contributed by atoms with van der Waals surface area (Å²) in [7, 11) is 0. The van der Waals surface area contributed by atoms with Crippen LogP contribution >= 0.6 is 11.6 Å². The van der Waals surface area contributed by atoms with Crippen LogP contribution in [0.4, 0.5) is 11.5 Å². The van der Waals surface area contributed by atoms with Gasteiger partial charge < -0.3 is 11.1 Å². The highest BCUT2D eigenvalue weighted by Gasteiger charge is 2.10. The van der Waals surface area contributed by atoms with E-state index >= 15 is 0 Å². The number of halogens is 1. The van der Waals surface area contributed by atoms with E-state index in [1.54, 1.807) is 0 Å². The molecule has 0 spiro atoms. The van der Waals surface area contributed by atoms with Gasteiger partial charge in [-0.15, -0.1) is 0 Å². The number of hydrogen-bond acceptors (Lipinski definition) is 4. The molecule has 0 radical (unpaired) electrons. The van der Waals surface area contributed by atoms with Gasteiger partial charge in [-0.3, -0.25) is 0 Å². The first kappa shape index (κ1) is 14.0. The predicted octanol–water partition coefficient (Wildman–Crippen LogP) is 3.40. The maximum Gasteiger partial charge on any atom is 0.224 e. The van der Waals surface area contributed by atoms with Gasteiger partial charge >= 0.3 is 0 Å². The van der Waals surface area contributed by atoms with Crippen molar-refractivity contribution in [2.75, 3.05) is 11.1 Å². The van der Waals surface area contributed by atoms with E-state index in [1.807, 2.05) is 6.92 Å². The quantitative estimate of drug-likeness (QED) is 0.605. The SMILES string of the molecule is CCCCCC(C)Nc1nc(Cl)nc(C)c1N. The number of nitrogens with zero attached hydrogens (tertiary/aromatic N) is 2. The maximum absolute atomic E-state index is 5.91. The molecule has 1 unspecified atom stereocenters. The molecule has 1 aromatic rings. The Morgan fingerprint density at radius 3 is 2.71 bits per heavy atom. The molecule has 4 nitrogen and oxygen atoms in total. The van der Waals surface area contributed by atoms with Crippen LogP contribution in [0.3, 0.4) is 0 Å². The van der Waals surface area contributed by atoms with Crippen molar-refractivity contribution in [3.8, 4) is 0 Å². The van der Waals surface area contributed by atoms with Gasteiger partial charge in [-0.25, -0.2) is 4.98 Å². The van der Waals surface area contributed by atoms with Crippen molar-refractivity contribution in [3.05, 3.63) is 11.0 Å². The number of nitrogen functional groups attached to an aromatic ring is 1. The van der Waals surface area contributed by atoms with E-state index in [0.717, 1.165) is 6.42 Å². The Bertz CT molecular complexity index is 368. The number of unbranched alkanes of at least 4 members (excludes halogenated alkanes) is 2. The molecule has 0 aromatic carbocycles. The summed E-state index contributed by atoms with van der Waals surface area (Å²) >= 11 is 5.81. The number of aryl methyl sites for hydroxylation is 1. The maximum atomic E-state index is 5.91. The fourth-order valence-corrected chi connectivity index (χ4v) is 1.87. The Hall–Kier alpha value is -1.03. The topological polar surface area (TPSA) is 63.8 Å². The highest BCUT2D eigenvalue weighted by molar-refractivity contribution is 6.28. The lowest BCUT2D eigenvalue weighted by Gasteiger charge is -2.16. The molecule has 17 heavy (non-hydrogen) atoms. The number of nitrogens with two attached hydrogens (primary N) is 1. The Balaban J connectivity index is 2.61. The highest BCUT2D eigenvalue weighted by Crippen LogP contribution is 2.22. The Kier molecular flexibility index (Phi) is 5.48. The molecular formula is C12H21ClN4. The smallest absolute Gasteiger partial charge is 0.224 e. The van der Waals surface area contributed by atoms with Crippen molar-refractivity contribution in [1.29, 1.82) is 0 Å². The summed E-state index contributed by atoms with van der Waals surface area (Å²) in [5.74, 6) is 0.645. The van der Waals surface area contributed by atoms with Crippen molar-refractivity contribution in [2.24, 2.45) is 0 Å². The van der Waals surface area contributed by atoms with E-state index < -0.39 is 0 Å². The number of nitrogens with one attached hydrogen (secondary N) is 1. The van der Waals surface area contributed by atoms with Crippen molar-refractivity contribution < 1.29 is 0 Å². The summed E-state index contributed by atoms with van der Waals surface area (Å²) < 4.78 is 0. The Labute approximate surface area is 108 Å². The third kappa shape index (κ3) is 4.38. The van der Waals surface area contributed by atoms with E-state index in [9.17, 15) is 0 Å². The largest absolute Gasteiger partial charge is 0.394 e. The second kappa shape index (κ2) is 6.64. The molecule has 1 atom stereocenters. The van der Waals surface area contributed by atoms with E-state index in [2.05, 4.69) is 29.1 Å². The predicted molar refractivity (Wildman–Crippen MR) is 73.4 cm³/mol. The van der Waals surface area contributed by atoms with Gasteiger partial charge in [0.25, 0.3) is 0 Å². The average molecular weight is 257 g/mol. The van der Waals surface area contributed by atoms with Crippen LogP contribution in [0.1, 0.15) is 45.2 Å². The minimum absolute atomic E-state index is 0.236. The van der Waals surface area contributed by atoms with Crippen LogP contribution in [0.2, 0.25) is 5.28 Å². The minimum Gasteiger partial charge on any atom is -0.394 e. The van der Waals surface area contributed by atoms with Crippen molar-refractivity contribution in [2.45, 2.75) is 52.5 Å². The molecule has 0 amide bonds. The third-order valence-corrected chi connectivity index (χ3v) is 2.90. The fraction of sp³-hybridized carbons (Fsp3) is 0.667. The molecule has 96 valence electrons. The number of rotatable bonds is 6. The molecule has 0 bridgehead atoms. The second-order valence-corrected chi connectivity index (χ2v) is 4.72. The first-order valence-corrected chi connectivity index (χ1v) is 6.48. The number of anilines is 2. The van der Waals surface area contributed by atoms with Gasteiger partial charge in [0.2, 0.25) is 5.28 Å². The molecule has 0 aliphatic rings. The van der Waals surface area contributed by atoms with Crippen LogP contribution in [0.5, 0.6) is 0 Å². The normalized spacial score (nSPS) is 12.5. The van der Waals surface area contributed by atoms with Crippen LogP contribution in [-0.4, -0.2) is 16.0 Å². The minimum atomic E-state index is 0.236. The van der Waals surface area contributed by atoms with E-state index in [4.69, 9.17) is 17.3 Å². The standard InChI is InChI=1S/C12H21ClN4/c1-4-5-6-7-8(2)15-11-10(14)9(3)16-12(13)17-11/h8H,4-7,14H2,1-3H3,(H,15,16,17). The molecule has 0 aliphatic carbocycles. The van der Waals surface area contributed by atoms with Crippen LogP contribution in [0.15, 0.2) is 0 Å². The van der Waals surface area contributed by atoms with E-state index in [1.165, 1.54) is 19.3 Å². The molecule has 5 heteroatoms. The van der Waals surface area contributed by atoms with Gasteiger partial charge in [-0.05, 0) is 31.9 Å². The van der Waals surface area contributed by atoms with Crippen molar-refractivity contribution in [1.82, 2.24) is 9.97 Å².